The van der Waals surface area contributed by atoms with Crippen molar-refractivity contribution in [3.63, 3.8) is 0 Å². The van der Waals surface area contributed by atoms with E-state index < -0.39 is 0 Å². The molecule has 7 nitrogen and oxygen atoms in total. The Morgan fingerprint density at radius 1 is 0.328 bits per heavy atom. The molecule has 0 aliphatic rings. The minimum absolute atomic E-state index is 0.381. The summed E-state index contributed by atoms with van der Waals surface area (Å²) in [7, 11) is 0. The first kappa shape index (κ1) is 34.3. The number of para-hydroxylation sites is 4. The SMILES string of the molecule is N#Cc1cc(C#N)c(-n2c3ccccc3c3cc(-c4ccccn4)ccc32)c(-n2c3ccccc3c3ccccc32)c1-n1c2ccccc2c2cc(-c3ccccn3)ccc21. The molecule has 0 radical (unpaired) electrons. The predicted molar refractivity (Wildman–Crippen MR) is 245 cm³/mol. The van der Waals surface area contributed by atoms with Crippen molar-refractivity contribution in [2.45, 2.75) is 0 Å². The lowest BCUT2D eigenvalue weighted by Gasteiger charge is -2.24. The van der Waals surface area contributed by atoms with Crippen LogP contribution in [-0.4, -0.2) is 23.7 Å². The number of nitrogens with zero attached hydrogens (tertiary/aromatic N) is 7. The summed E-state index contributed by atoms with van der Waals surface area (Å²) >= 11 is 0. The van der Waals surface area contributed by atoms with Crippen molar-refractivity contribution in [2.24, 2.45) is 0 Å². The van der Waals surface area contributed by atoms with Crippen molar-refractivity contribution >= 4 is 65.4 Å². The Labute approximate surface area is 349 Å². The number of hydrogen-bond donors (Lipinski definition) is 0. The lowest BCUT2D eigenvalue weighted by molar-refractivity contribution is 1.04. The van der Waals surface area contributed by atoms with Gasteiger partial charge in [-0.05, 0) is 78.9 Å². The molecule has 0 amide bonds. The second-order valence-corrected chi connectivity index (χ2v) is 15.2. The molecule has 0 aliphatic heterocycles. The molecule has 12 rings (SSSR count). The molecular weight excluding hydrogens is 747 g/mol. The maximum absolute atomic E-state index is 11.3. The van der Waals surface area contributed by atoms with E-state index in [0.29, 0.717) is 22.5 Å². The van der Waals surface area contributed by atoms with Crippen LogP contribution in [0.4, 0.5) is 0 Å². The van der Waals surface area contributed by atoms with Gasteiger partial charge in [-0.2, -0.15) is 10.5 Å². The van der Waals surface area contributed by atoms with Gasteiger partial charge in [0.2, 0.25) is 0 Å². The molecular formula is C54H31N7. The van der Waals surface area contributed by atoms with Crippen LogP contribution in [0, 0.1) is 22.7 Å². The maximum atomic E-state index is 11.3. The molecule has 0 spiro atoms. The summed E-state index contributed by atoms with van der Waals surface area (Å²) in [6, 6.07) is 65.2. The van der Waals surface area contributed by atoms with Gasteiger partial charge in [-0.3, -0.25) is 9.97 Å². The first-order valence-corrected chi connectivity index (χ1v) is 20.1. The van der Waals surface area contributed by atoms with E-state index in [0.717, 1.165) is 93.6 Å². The van der Waals surface area contributed by atoms with E-state index in [1.807, 2.05) is 60.9 Å². The normalized spacial score (nSPS) is 11.6. The molecule has 0 unspecified atom stereocenters. The Bertz CT molecular complexity index is 3590. The highest BCUT2D eigenvalue weighted by Crippen LogP contribution is 2.46. The van der Waals surface area contributed by atoms with E-state index >= 15 is 0 Å². The lowest BCUT2D eigenvalue weighted by Crippen LogP contribution is -2.13. The molecule has 0 fully saturated rings. The van der Waals surface area contributed by atoms with Gasteiger partial charge in [-0.1, -0.05) is 97.1 Å². The molecule has 0 atom stereocenters. The zero-order valence-corrected chi connectivity index (χ0v) is 32.5. The monoisotopic (exact) mass is 777 g/mol. The van der Waals surface area contributed by atoms with E-state index in [1.54, 1.807) is 6.07 Å². The van der Waals surface area contributed by atoms with Gasteiger partial charge < -0.3 is 13.7 Å². The third kappa shape index (κ3) is 5.02. The first-order chi connectivity index (χ1) is 30.2. The zero-order chi connectivity index (χ0) is 40.6. The topological polar surface area (TPSA) is 88.2 Å². The second-order valence-electron chi connectivity index (χ2n) is 15.2. The summed E-state index contributed by atoms with van der Waals surface area (Å²) in [5.41, 5.74) is 12.2. The molecule has 0 bridgehead atoms. The van der Waals surface area contributed by atoms with E-state index in [2.05, 4.69) is 157 Å². The zero-order valence-electron chi connectivity index (χ0n) is 32.5. The van der Waals surface area contributed by atoms with Gasteiger partial charge in [0, 0.05) is 55.8 Å². The third-order valence-electron chi connectivity index (χ3n) is 12.0. The second kappa shape index (κ2) is 13.4. The predicted octanol–water partition coefficient (Wildman–Crippen LogP) is 12.8. The first-order valence-electron chi connectivity index (χ1n) is 20.1. The summed E-state index contributed by atoms with van der Waals surface area (Å²) in [6.45, 7) is 0. The molecule has 0 aliphatic carbocycles. The van der Waals surface area contributed by atoms with Crippen molar-refractivity contribution < 1.29 is 0 Å². The van der Waals surface area contributed by atoms with Crippen molar-refractivity contribution in [3.05, 3.63) is 199 Å². The summed E-state index contributed by atoms with van der Waals surface area (Å²) in [6.07, 6.45) is 3.62. The molecule has 12 aromatic rings. The van der Waals surface area contributed by atoms with Crippen molar-refractivity contribution in [1.82, 2.24) is 23.7 Å². The van der Waals surface area contributed by atoms with Gasteiger partial charge in [-0.25, -0.2) is 0 Å². The van der Waals surface area contributed by atoms with Crippen LogP contribution in [-0.2, 0) is 0 Å². The van der Waals surface area contributed by atoms with Crippen molar-refractivity contribution in [3.8, 4) is 51.7 Å². The van der Waals surface area contributed by atoms with Crippen LogP contribution in [0.3, 0.4) is 0 Å². The van der Waals surface area contributed by atoms with E-state index in [-0.39, 0.29) is 0 Å². The Hall–Kier alpha value is -8.78. The van der Waals surface area contributed by atoms with E-state index in [1.165, 1.54) is 0 Å². The molecule has 0 saturated heterocycles. The van der Waals surface area contributed by atoms with Crippen LogP contribution < -0.4 is 0 Å². The van der Waals surface area contributed by atoms with Crippen LogP contribution in [0.2, 0.25) is 0 Å². The number of benzene rings is 7. The number of pyridine rings is 2. The standard InChI is InChI=1S/C54H31N7/c55-32-36-29-37(33-56)53(60-49-22-8-4-16-41(49)43-31-35(24-26-51(43)60)45-18-10-12-28-58-45)54(61-46-19-5-1-13-38(46)39-14-2-6-20-47(39)61)52(36)59-48-21-7-3-15-40(48)42-30-34(23-25-50(42)59)44-17-9-11-27-57-44/h1-31H. The van der Waals surface area contributed by atoms with Gasteiger partial charge in [0.15, 0.2) is 0 Å². The number of hydrogen-bond acceptors (Lipinski definition) is 4. The highest BCUT2D eigenvalue weighted by molar-refractivity contribution is 6.15. The van der Waals surface area contributed by atoms with Gasteiger partial charge in [0.05, 0.1) is 72.7 Å². The van der Waals surface area contributed by atoms with Crippen LogP contribution in [0.1, 0.15) is 11.1 Å². The minimum Gasteiger partial charge on any atom is -0.306 e. The molecule has 5 heterocycles. The fourth-order valence-corrected chi connectivity index (χ4v) is 9.46. The lowest BCUT2D eigenvalue weighted by atomic mass is 10.0. The molecule has 0 N–H and O–H groups in total. The molecule has 0 saturated carbocycles. The number of rotatable bonds is 5. The van der Waals surface area contributed by atoms with E-state index in [9.17, 15) is 10.5 Å². The van der Waals surface area contributed by atoms with Crippen molar-refractivity contribution in [2.75, 3.05) is 0 Å². The average molecular weight is 778 g/mol. The van der Waals surface area contributed by atoms with Gasteiger partial charge in [0.25, 0.3) is 0 Å². The third-order valence-corrected chi connectivity index (χ3v) is 12.0. The largest absolute Gasteiger partial charge is 0.306 e. The summed E-state index contributed by atoms with van der Waals surface area (Å²) in [5, 5.41) is 28.9. The molecule has 7 aromatic carbocycles. The molecule has 7 heteroatoms. The molecule has 5 aromatic heterocycles. The fraction of sp³-hybridized carbons (Fsp3) is 0. The van der Waals surface area contributed by atoms with Crippen LogP contribution in [0.25, 0.3) is 105 Å². The Kier molecular flexibility index (Phi) is 7.52. The summed E-state index contributed by atoms with van der Waals surface area (Å²) in [4.78, 5) is 9.35. The van der Waals surface area contributed by atoms with E-state index in [4.69, 9.17) is 0 Å². The van der Waals surface area contributed by atoms with Crippen LogP contribution in [0.15, 0.2) is 188 Å². The highest BCUT2D eigenvalue weighted by atomic mass is 15.1. The minimum atomic E-state index is 0.381. The quantitative estimate of drug-likeness (QED) is 0.174. The Morgan fingerprint density at radius 3 is 1.05 bits per heavy atom. The fourth-order valence-electron chi connectivity index (χ4n) is 9.46. The maximum Gasteiger partial charge on any atom is 0.101 e. The Morgan fingerprint density at radius 2 is 0.672 bits per heavy atom. The molecule has 282 valence electrons. The number of fused-ring (bicyclic) bond motifs is 9. The van der Waals surface area contributed by atoms with Crippen LogP contribution in [0.5, 0.6) is 0 Å². The molecule has 61 heavy (non-hydrogen) atoms. The smallest absolute Gasteiger partial charge is 0.101 e. The van der Waals surface area contributed by atoms with Gasteiger partial charge in [0.1, 0.15) is 12.1 Å². The van der Waals surface area contributed by atoms with Crippen molar-refractivity contribution in [1.29, 1.82) is 10.5 Å². The van der Waals surface area contributed by atoms with Crippen LogP contribution >= 0.6 is 0 Å². The highest BCUT2D eigenvalue weighted by Gasteiger charge is 2.29. The summed E-state index contributed by atoms with van der Waals surface area (Å²) in [5.74, 6) is 0. The van der Waals surface area contributed by atoms with Gasteiger partial charge in [-0.15, -0.1) is 0 Å². The van der Waals surface area contributed by atoms with Gasteiger partial charge >= 0.3 is 0 Å². The average Bonchev–Trinajstić information content (AvgIpc) is 3.96. The number of aromatic nitrogens is 5. The Balaban J connectivity index is 1.30. The summed E-state index contributed by atoms with van der Waals surface area (Å²) < 4.78 is 6.72. The number of nitriles is 2.